The first kappa shape index (κ1) is 18.8. The molecule has 144 valence electrons. The van der Waals surface area contributed by atoms with Crippen molar-refractivity contribution in [2.75, 3.05) is 0 Å². The number of pyridine rings is 1. The van der Waals surface area contributed by atoms with Gasteiger partial charge in [0.1, 0.15) is 0 Å². The van der Waals surface area contributed by atoms with Crippen LogP contribution in [-0.2, 0) is 13.1 Å². The standard InChI is InChI=1S/C22H17ClN4O2/c23-19-11-4-3-10-18(19)21(28)25-13-20-16-8-1-2-9-17(16)22(29)27(26-20)14-15-7-5-6-12-24-15/h1-12H,13-14H2,(H,25,28). The fourth-order valence-corrected chi connectivity index (χ4v) is 3.31. The molecule has 29 heavy (non-hydrogen) atoms. The highest BCUT2D eigenvalue weighted by Crippen LogP contribution is 2.16. The summed E-state index contributed by atoms with van der Waals surface area (Å²) in [5, 5.41) is 8.96. The predicted molar refractivity (Wildman–Crippen MR) is 112 cm³/mol. The highest BCUT2D eigenvalue weighted by molar-refractivity contribution is 6.33. The van der Waals surface area contributed by atoms with Crippen LogP contribution in [0.4, 0.5) is 0 Å². The Labute approximate surface area is 171 Å². The number of benzene rings is 2. The van der Waals surface area contributed by atoms with E-state index in [9.17, 15) is 9.59 Å². The first-order valence-electron chi connectivity index (χ1n) is 9.05. The molecule has 1 amide bonds. The van der Waals surface area contributed by atoms with Crippen molar-refractivity contribution < 1.29 is 4.79 Å². The van der Waals surface area contributed by atoms with Gasteiger partial charge in [0, 0.05) is 11.6 Å². The molecule has 0 aliphatic heterocycles. The van der Waals surface area contributed by atoms with Crippen LogP contribution in [0.2, 0.25) is 5.02 Å². The third-order valence-corrected chi connectivity index (χ3v) is 4.85. The van der Waals surface area contributed by atoms with E-state index in [1.807, 2.05) is 30.3 Å². The molecule has 0 aliphatic carbocycles. The summed E-state index contributed by atoms with van der Waals surface area (Å²) in [5.74, 6) is -0.302. The predicted octanol–water partition coefficient (Wildman–Crippen LogP) is 3.42. The Morgan fingerprint density at radius 1 is 0.966 bits per heavy atom. The molecule has 0 saturated carbocycles. The second kappa shape index (κ2) is 8.24. The number of halogens is 1. The van der Waals surface area contributed by atoms with Gasteiger partial charge in [-0.3, -0.25) is 14.6 Å². The molecule has 6 nitrogen and oxygen atoms in total. The first-order chi connectivity index (χ1) is 14.1. The van der Waals surface area contributed by atoms with Crippen molar-refractivity contribution in [1.82, 2.24) is 20.1 Å². The maximum atomic E-state index is 12.9. The molecule has 0 saturated heterocycles. The van der Waals surface area contributed by atoms with Crippen LogP contribution in [0.15, 0.2) is 77.7 Å². The lowest BCUT2D eigenvalue weighted by molar-refractivity contribution is 0.0950. The lowest BCUT2D eigenvalue weighted by atomic mass is 10.1. The monoisotopic (exact) mass is 404 g/mol. The summed E-state index contributed by atoms with van der Waals surface area (Å²) in [6, 6.07) is 19.6. The van der Waals surface area contributed by atoms with Gasteiger partial charge in [0.05, 0.1) is 40.4 Å². The molecule has 2 aromatic carbocycles. The van der Waals surface area contributed by atoms with Gasteiger partial charge < -0.3 is 5.32 Å². The zero-order valence-corrected chi connectivity index (χ0v) is 16.1. The van der Waals surface area contributed by atoms with Crippen molar-refractivity contribution in [2.45, 2.75) is 13.1 Å². The summed E-state index contributed by atoms with van der Waals surface area (Å²) in [7, 11) is 0. The smallest absolute Gasteiger partial charge is 0.275 e. The fourth-order valence-electron chi connectivity index (χ4n) is 3.09. The fraction of sp³-hybridized carbons (Fsp3) is 0.0909. The lowest BCUT2D eigenvalue weighted by Crippen LogP contribution is -2.29. The minimum atomic E-state index is -0.302. The molecule has 2 aromatic heterocycles. The quantitative estimate of drug-likeness (QED) is 0.553. The maximum Gasteiger partial charge on any atom is 0.275 e. The molecule has 0 unspecified atom stereocenters. The van der Waals surface area contributed by atoms with E-state index in [0.717, 1.165) is 5.69 Å². The van der Waals surface area contributed by atoms with Crippen molar-refractivity contribution in [2.24, 2.45) is 0 Å². The molecule has 0 bridgehead atoms. The molecule has 0 radical (unpaired) electrons. The summed E-state index contributed by atoms with van der Waals surface area (Å²) in [6.45, 7) is 0.406. The van der Waals surface area contributed by atoms with Crippen molar-refractivity contribution >= 4 is 28.3 Å². The van der Waals surface area contributed by atoms with Crippen molar-refractivity contribution in [3.8, 4) is 0 Å². The third kappa shape index (κ3) is 4.02. The van der Waals surface area contributed by atoms with Crippen molar-refractivity contribution in [1.29, 1.82) is 0 Å². The van der Waals surface area contributed by atoms with E-state index in [1.165, 1.54) is 4.68 Å². The van der Waals surface area contributed by atoms with Crippen molar-refractivity contribution in [3.63, 3.8) is 0 Å². The van der Waals surface area contributed by atoms with Crippen LogP contribution in [0, 0.1) is 0 Å². The molecule has 1 N–H and O–H groups in total. The number of nitrogens with one attached hydrogen (secondary N) is 1. The van der Waals surface area contributed by atoms with E-state index in [0.29, 0.717) is 27.1 Å². The largest absolute Gasteiger partial charge is 0.346 e. The second-order valence-electron chi connectivity index (χ2n) is 6.44. The molecular formula is C22H17ClN4O2. The molecular weight excluding hydrogens is 388 g/mol. The van der Waals surface area contributed by atoms with Crippen LogP contribution in [0.3, 0.4) is 0 Å². The zero-order valence-electron chi connectivity index (χ0n) is 15.4. The van der Waals surface area contributed by atoms with E-state index >= 15 is 0 Å². The van der Waals surface area contributed by atoms with Gasteiger partial charge in [-0.1, -0.05) is 48.0 Å². The summed E-state index contributed by atoms with van der Waals surface area (Å²) in [6.07, 6.45) is 1.67. The zero-order chi connectivity index (χ0) is 20.2. The number of rotatable bonds is 5. The normalized spacial score (nSPS) is 10.8. The number of hydrogen-bond acceptors (Lipinski definition) is 4. The molecule has 0 aliphatic rings. The second-order valence-corrected chi connectivity index (χ2v) is 6.85. The molecule has 0 atom stereocenters. The lowest BCUT2D eigenvalue weighted by Gasteiger charge is -2.12. The highest BCUT2D eigenvalue weighted by Gasteiger charge is 2.14. The Morgan fingerprint density at radius 2 is 1.69 bits per heavy atom. The van der Waals surface area contributed by atoms with E-state index in [4.69, 9.17) is 11.6 Å². The van der Waals surface area contributed by atoms with Crippen LogP contribution in [0.25, 0.3) is 10.8 Å². The van der Waals surface area contributed by atoms with Gasteiger partial charge in [-0.25, -0.2) is 4.68 Å². The Kier molecular flexibility index (Phi) is 5.35. The van der Waals surface area contributed by atoms with Gasteiger partial charge in [-0.2, -0.15) is 5.10 Å². The number of nitrogens with zero attached hydrogens (tertiary/aromatic N) is 3. The topological polar surface area (TPSA) is 76.9 Å². The third-order valence-electron chi connectivity index (χ3n) is 4.52. The Hall–Kier alpha value is -3.51. The number of carbonyl (C=O) groups is 1. The molecule has 4 rings (SSSR count). The molecule has 4 aromatic rings. The van der Waals surface area contributed by atoms with Crippen LogP contribution >= 0.6 is 11.6 Å². The Bertz CT molecular complexity index is 1240. The van der Waals surface area contributed by atoms with Gasteiger partial charge >= 0.3 is 0 Å². The number of aromatic nitrogens is 3. The van der Waals surface area contributed by atoms with E-state index in [2.05, 4.69) is 15.4 Å². The minimum absolute atomic E-state index is 0.160. The van der Waals surface area contributed by atoms with E-state index < -0.39 is 0 Å². The highest BCUT2D eigenvalue weighted by atomic mass is 35.5. The minimum Gasteiger partial charge on any atom is -0.346 e. The maximum absolute atomic E-state index is 12.9. The van der Waals surface area contributed by atoms with Crippen molar-refractivity contribution in [3.05, 3.63) is 105 Å². The molecule has 2 heterocycles. The summed E-state index contributed by atoms with van der Waals surface area (Å²) in [5.41, 5.74) is 1.51. The first-order valence-corrected chi connectivity index (χ1v) is 9.42. The average molecular weight is 405 g/mol. The van der Waals surface area contributed by atoms with Crippen LogP contribution in [0.1, 0.15) is 21.7 Å². The van der Waals surface area contributed by atoms with Crippen LogP contribution < -0.4 is 10.9 Å². The molecule has 0 spiro atoms. The van der Waals surface area contributed by atoms with Gasteiger partial charge in [-0.15, -0.1) is 0 Å². The van der Waals surface area contributed by atoms with Gasteiger partial charge in [0.25, 0.3) is 11.5 Å². The number of carbonyl (C=O) groups excluding carboxylic acids is 1. The van der Waals surface area contributed by atoms with Crippen LogP contribution in [0.5, 0.6) is 0 Å². The van der Waals surface area contributed by atoms with E-state index in [-0.39, 0.29) is 24.6 Å². The van der Waals surface area contributed by atoms with E-state index in [1.54, 1.807) is 42.6 Å². The van der Waals surface area contributed by atoms with Crippen LogP contribution in [-0.4, -0.2) is 20.7 Å². The summed E-state index contributed by atoms with van der Waals surface area (Å²) in [4.78, 5) is 29.6. The van der Waals surface area contributed by atoms with Gasteiger partial charge in [0.15, 0.2) is 0 Å². The van der Waals surface area contributed by atoms with Gasteiger partial charge in [0.2, 0.25) is 0 Å². The number of hydrogen-bond donors (Lipinski definition) is 1. The Morgan fingerprint density at radius 3 is 2.45 bits per heavy atom. The SMILES string of the molecule is O=C(NCc1nn(Cc2ccccn2)c(=O)c2ccccc12)c1ccccc1Cl. The molecule has 7 heteroatoms. The summed E-state index contributed by atoms with van der Waals surface area (Å²) >= 11 is 6.10. The molecule has 0 fully saturated rings. The average Bonchev–Trinajstić information content (AvgIpc) is 2.76. The summed E-state index contributed by atoms with van der Waals surface area (Å²) < 4.78 is 1.38. The number of amides is 1. The number of fused-ring (bicyclic) bond motifs is 1. The van der Waals surface area contributed by atoms with Gasteiger partial charge in [-0.05, 0) is 30.3 Å². The Balaban J connectivity index is 1.68.